The van der Waals surface area contributed by atoms with E-state index >= 15 is 0 Å². The van der Waals surface area contributed by atoms with Gasteiger partial charge >= 0.3 is 0 Å². The van der Waals surface area contributed by atoms with Gasteiger partial charge in [-0.2, -0.15) is 0 Å². The Kier molecular flexibility index (Phi) is 17.7. The molecule has 24 heavy (non-hydrogen) atoms. The Morgan fingerprint density at radius 3 is 1.08 bits per heavy atom. The fourth-order valence-electron chi connectivity index (χ4n) is 3.51. The molecule has 0 aliphatic heterocycles. The smallest absolute Gasteiger partial charge is 0.180 e. The maximum Gasteiger partial charge on any atom is 0.180 e. The van der Waals surface area contributed by atoms with Crippen LogP contribution in [0.1, 0.15) is 117 Å². The van der Waals surface area contributed by atoms with Crippen molar-refractivity contribution in [3.05, 3.63) is 0 Å². The fraction of sp³-hybridized carbons (Fsp3) is 1.00. The molecule has 0 saturated heterocycles. The van der Waals surface area contributed by atoms with Crippen molar-refractivity contribution in [2.75, 3.05) is 26.9 Å². The molecule has 0 aliphatic carbocycles. The molecule has 0 radical (unpaired) electrons. The van der Waals surface area contributed by atoms with Crippen molar-refractivity contribution in [1.82, 2.24) is 0 Å². The van der Waals surface area contributed by atoms with E-state index in [1.165, 1.54) is 103 Å². The van der Waals surface area contributed by atoms with Crippen LogP contribution >= 0.6 is 0 Å². The Hall–Kier alpha value is -0.0800. The van der Waals surface area contributed by atoms with Gasteiger partial charge in [0.05, 0.1) is 20.1 Å². The van der Waals surface area contributed by atoms with Gasteiger partial charge in [0, 0.05) is 0 Å². The summed E-state index contributed by atoms with van der Waals surface area (Å²) < 4.78 is 0.867. The summed E-state index contributed by atoms with van der Waals surface area (Å²) in [6.45, 7) is 7.18. The van der Waals surface area contributed by atoms with Gasteiger partial charge in [-0.1, -0.05) is 90.9 Å². The van der Waals surface area contributed by atoms with Gasteiger partial charge in [0.2, 0.25) is 0 Å². The van der Waals surface area contributed by atoms with Gasteiger partial charge in [0.15, 0.2) is 6.73 Å². The number of quaternary nitrogens is 1. The lowest BCUT2D eigenvalue weighted by molar-refractivity contribution is -0.927. The Balaban J connectivity index is 3.51. The average molecular weight is 343 g/mol. The van der Waals surface area contributed by atoms with E-state index in [2.05, 4.69) is 20.9 Å². The first-order valence-electron chi connectivity index (χ1n) is 11.1. The van der Waals surface area contributed by atoms with E-state index in [1.54, 1.807) is 0 Å². The van der Waals surface area contributed by atoms with Crippen LogP contribution in [0.5, 0.6) is 0 Å². The molecule has 146 valence electrons. The SMILES string of the molecule is CCCCCCCCCC[N+](C)(CO)CCCCCCCCCC. The van der Waals surface area contributed by atoms with Crippen LogP contribution in [0, 0.1) is 0 Å². The quantitative estimate of drug-likeness (QED) is 0.158. The van der Waals surface area contributed by atoms with E-state index in [0.717, 1.165) is 17.6 Å². The van der Waals surface area contributed by atoms with Gasteiger partial charge in [0.25, 0.3) is 0 Å². The van der Waals surface area contributed by atoms with Crippen molar-refractivity contribution in [2.45, 2.75) is 117 Å². The second kappa shape index (κ2) is 17.7. The normalized spacial score (nSPS) is 12.0. The summed E-state index contributed by atoms with van der Waals surface area (Å²) in [5, 5.41) is 9.76. The first-order valence-corrected chi connectivity index (χ1v) is 11.1. The van der Waals surface area contributed by atoms with Gasteiger partial charge in [-0.25, -0.2) is 0 Å². The van der Waals surface area contributed by atoms with Crippen molar-refractivity contribution >= 4 is 0 Å². The minimum atomic E-state index is 0.312. The highest BCUT2D eigenvalue weighted by Gasteiger charge is 2.18. The van der Waals surface area contributed by atoms with Crippen LogP contribution in [0.3, 0.4) is 0 Å². The molecule has 2 heteroatoms. The molecule has 0 amide bonds. The first kappa shape index (κ1) is 23.9. The van der Waals surface area contributed by atoms with Gasteiger partial charge in [-0.15, -0.1) is 0 Å². The van der Waals surface area contributed by atoms with Crippen LogP contribution < -0.4 is 0 Å². The van der Waals surface area contributed by atoms with Crippen LogP contribution in [0.15, 0.2) is 0 Å². The molecule has 0 aromatic heterocycles. The molecule has 0 unspecified atom stereocenters. The molecule has 0 atom stereocenters. The monoisotopic (exact) mass is 342 g/mol. The summed E-state index contributed by atoms with van der Waals surface area (Å²) in [5.74, 6) is 0. The third kappa shape index (κ3) is 15.4. The molecule has 0 heterocycles. The number of aliphatic hydroxyl groups is 1. The van der Waals surface area contributed by atoms with E-state index in [4.69, 9.17) is 0 Å². The first-order chi connectivity index (χ1) is 11.7. The van der Waals surface area contributed by atoms with E-state index < -0.39 is 0 Å². The maximum absolute atomic E-state index is 9.76. The lowest BCUT2D eigenvalue weighted by Gasteiger charge is -2.32. The van der Waals surface area contributed by atoms with Crippen molar-refractivity contribution < 1.29 is 9.59 Å². The predicted molar refractivity (Wildman–Crippen MR) is 108 cm³/mol. The molecule has 0 saturated carbocycles. The number of hydrogen-bond acceptors (Lipinski definition) is 1. The largest absolute Gasteiger partial charge is 0.347 e. The number of unbranched alkanes of at least 4 members (excludes halogenated alkanes) is 14. The summed E-state index contributed by atoms with van der Waals surface area (Å²) in [6.07, 6.45) is 22.0. The van der Waals surface area contributed by atoms with Crippen LogP contribution in [0.25, 0.3) is 0 Å². The number of rotatable bonds is 19. The van der Waals surface area contributed by atoms with Gasteiger partial charge in [0.1, 0.15) is 0 Å². The number of hydrogen-bond donors (Lipinski definition) is 1. The molecule has 0 aromatic carbocycles. The molecule has 0 aliphatic rings. The lowest BCUT2D eigenvalue weighted by Crippen LogP contribution is -2.46. The molecule has 0 fully saturated rings. The molecule has 0 rings (SSSR count). The molecular formula is C22H48NO+. The van der Waals surface area contributed by atoms with Crippen molar-refractivity contribution in [1.29, 1.82) is 0 Å². The summed E-state index contributed by atoms with van der Waals surface area (Å²) in [4.78, 5) is 0. The maximum atomic E-state index is 9.76. The number of aliphatic hydroxyl groups excluding tert-OH is 1. The summed E-state index contributed by atoms with van der Waals surface area (Å²) in [7, 11) is 2.24. The third-order valence-corrected chi connectivity index (χ3v) is 5.44. The molecule has 0 spiro atoms. The van der Waals surface area contributed by atoms with Crippen molar-refractivity contribution in [2.24, 2.45) is 0 Å². The zero-order chi connectivity index (χ0) is 17.9. The van der Waals surface area contributed by atoms with Crippen LogP contribution in [0.2, 0.25) is 0 Å². The lowest BCUT2D eigenvalue weighted by atomic mass is 10.1. The average Bonchev–Trinajstić information content (AvgIpc) is 2.59. The van der Waals surface area contributed by atoms with Gasteiger partial charge in [-0.3, -0.25) is 0 Å². The van der Waals surface area contributed by atoms with Crippen molar-refractivity contribution in [3.63, 3.8) is 0 Å². The topological polar surface area (TPSA) is 20.2 Å². The molecular weight excluding hydrogens is 294 g/mol. The standard InChI is InChI=1S/C22H48NO/c1-4-6-8-10-12-14-16-18-20-23(3,22-24)21-19-17-15-13-11-9-7-5-2/h24H,4-22H2,1-3H3/q+1. The highest BCUT2D eigenvalue weighted by molar-refractivity contribution is 4.49. The minimum absolute atomic E-state index is 0.312. The van der Waals surface area contributed by atoms with Gasteiger partial charge in [-0.05, 0) is 25.7 Å². The van der Waals surface area contributed by atoms with Crippen LogP contribution in [-0.4, -0.2) is 36.5 Å². The van der Waals surface area contributed by atoms with Crippen molar-refractivity contribution in [3.8, 4) is 0 Å². The van der Waals surface area contributed by atoms with E-state index in [9.17, 15) is 5.11 Å². The zero-order valence-electron chi connectivity index (χ0n) is 17.3. The molecule has 2 nitrogen and oxygen atoms in total. The number of nitrogens with zero attached hydrogens (tertiary/aromatic N) is 1. The van der Waals surface area contributed by atoms with E-state index in [1.807, 2.05) is 0 Å². The zero-order valence-corrected chi connectivity index (χ0v) is 17.3. The van der Waals surface area contributed by atoms with Crippen LogP contribution in [0.4, 0.5) is 0 Å². The second-order valence-corrected chi connectivity index (χ2v) is 8.16. The minimum Gasteiger partial charge on any atom is -0.347 e. The van der Waals surface area contributed by atoms with Gasteiger partial charge < -0.3 is 9.59 Å². The fourth-order valence-corrected chi connectivity index (χ4v) is 3.51. The third-order valence-electron chi connectivity index (χ3n) is 5.44. The summed E-state index contributed by atoms with van der Waals surface area (Å²) in [6, 6.07) is 0. The second-order valence-electron chi connectivity index (χ2n) is 8.16. The molecule has 0 aromatic rings. The highest BCUT2D eigenvalue weighted by Crippen LogP contribution is 2.14. The highest BCUT2D eigenvalue weighted by atomic mass is 16.3. The summed E-state index contributed by atoms with van der Waals surface area (Å²) >= 11 is 0. The Morgan fingerprint density at radius 1 is 0.500 bits per heavy atom. The van der Waals surface area contributed by atoms with E-state index in [0.29, 0.717) is 6.73 Å². The summed E-state index contributed by atoms with van der Waals surface area (Å²) in [5.41, 5.74) is 0. The predicted octanol–water partition coefficient (Wildman–Crippen LogP) is 6.66. The Bertz CT molecular complexity index is 222. The molecule has 1 N–H and O–H groups in total. The Labute approximate surface area is 153 Å². The van der Waals surface area contributed by atoms with Crippen LogP contribution in [-0.2, 0) is 0 Å². The van der Waals surface area contributed by atoms with E-state index in [-0.39, 0.29) is 0 Å². The molecule has 0 bridgehead atoms. The Morgan fingerprint density at radius 2 is 0.792 bits per heavy atom.